The molecule has 0 spiro atoms. The third-order valence-electron chi connectivity index (χ3n) is 3.73. The Morgan fingerprint density at radius 3 is 2.69 bits per heavy atom. The van der Waals surface area contributed by atoms with Crippen LogP contribution in [-0.2, 0) is 11.3 Å². The normalized spacial score (nSPS) is 10.7. The first-order chi connectivity index (χ1) is 12.5. The van der Waals surface area contributed by atoms with E-state index in [2.05, 4.69) is 10.3 Å². The number of anilines is 1. The predicted octanol–water partition coefficient (Wildman–Crippen LogP) is 5.28. The van der Waals surface area contributed by atoms with E-state index in [1.807, 2.05) is 54.1 Å². The van der Waals surface area contributed by atoms with Crippen molar-refractivity contribution in [1.29, 1.82) is 0 Å². The third-order valence-corrected chi connectivity index (χ3v) is 5.40. The molecule has 0 aliphatic carbocycles. The number of nitrogens with one attached hydrogen (secondary N) is 1. The van der Waals surface area contributed by atoms with Crippen molar-refractivity contribution in [3.63, 3.8) is 0 Å². The molecule has 7 heteroatoms. The zero-order valence-electron chi connectivity index (χ0n) is 14.1. The minimum atomic E-state index is -0.101. The third kappa shape index (κ3) is 5.04. The summed E-state index contributed by atoms with van der Waals surface area (Å²) in [5.41, 5.74) is 2.78. The molecule has 0 aliphatic heterocycles. The summed E-state index contributed by atoms with van der Waals surface area (Å²) in [7, 11) is 0. The molecular weight excluding hydrogens is 389 g/mol. The Kier molecular flexibility index (Phi) is 6.25. The zero-order valence-corrected chi connectivity index (χ0v) is 16.4. The van der Waals surface area contributed by atoms with Gasteiger partial charge in [0.05, 0.1) is 5.75 Å². The van der Waals surface area contributed by atoms with Gasteiger partial charge in [0.1, 0.15) is 0 Å². The molecule has 0 saturated carbocycles. The Hall–Kier alpha value is -1.95. The molecule has 0 unspecified atom stereocenters. The largest absolute Gasteiger partial charge is 0.325 e. The summed E-state index contributed by atoms with van der Waals surface area (Å²) >= 11 is 13.4. The molecule has 0 atom stereocenters. The van der Waals surface area contributed by atoms with E-state index in [1.54, 1.807) is 12.3 Å². The van der Waals surface area contributed by atoms with Gasteiger partial charge in [0.25, 0.3) is 0 Å². The number of thioether (sulfide) groups is 1. The van der Waals surface area contributed by atoms with E-state index in [1.165, 1.54) is 11.8 Å². The van der Waals surface area contributed by atoms with Crippen LogP contribution < -0.4 is 5.32 Å². The van der Waals surface area contributed by atoms with E-state index in [9.17, 15) is 4.79 Å². The first-order valence-electron chi connectivity index (χ1n) is 7.95. The standard InChI is InChI=1S/C19H17Cl2N3OS/c1-13-2-7-16(10-17(13)21)23-18(25)12-26-19-22-8-9-24(19)11-14-3-5-15(20)6-4-14/h2-10H,11-12H2,1H3,(H,23,25). The fraction of sp³-hybridized carbons (Fsp3) is 0.158. The second kappa shape index (κ2) is 8.62. The van der Waals surface area contributed by atoms with E-state index in [0.29, 0.717) is 22.3 Å². The molecule has 1 aromatic heterocycles. The van der Waals surface area contributed by atoms with Crippen LogP contribution in [0.3, 0.4) is 0 Å². The quantitative estimate of drug-likeness (QED) is 0.567. The van der Waals surface area contributed by atoms with Crippen LogP contribution in [0.1, 0.15) is 11.1 Å². The van der Waals surface area contributed by atoms with Crippen molar-refractivity contribution in [3.8, 4) is 0 Å². The van der Waals surface area contributed by atoms with Gasteiger partial charge in [-0.2, -0.15) is 0 Å². The van der Waals surface area contributed by atoms with E-state index in [0.717, 1.165) is 16.3 Å². The van der Waals surface area contributed by atoms with Crippen LogP contribution in [0.2, 0.25) is 10.0 Å². The van der Waals surface area contributed by atoms with Crippen LogP contribution >= 0.6 is 35.0 Å². The van der Waals surface area contributed by atoms with Crippen molar-refractivity contribution in [2.45, 2.75) is 18.6 Å². The second-order valence-corrected chi connectivity index (χ2v) is 7.55. The summed E-state index contributed by atoms with van der Waals surface area (Å²) in [6, 6.07) is 13.1. The van der Waals surface area contributed by atoms with E-state index in [4.69, 9.17) is 23.2 Å². The summed E-state index contributed by atoms with van der Waals surface area (Å²) in [6.07, 6.45) is 3.63. The molecular formula is C19H17Cl2N3OS. The van der Waals surface area contributed by atoms with Gasteiger partial charge in [-0.1, -0.05) is 53.2 Å². The van der Waals surface area contributed by atoms with Gasteiger partial charge in [-0.3, -0.25) is 4.79 Å². The number of carbonyl (C=O) groups is 1. The fourth-order valence-electron chi connectivity index (χ4n) is 2.34. The van der Waals surface area contributed by atoms with Crippen LogP contribution in [0.15, 0.2) is 60.0 Å². The van der Waals surface area contributed by atoms with E-state index in [-0.39, 0.29) is 11.7 Å². The maximum absolute atomic E-state index is 12.2. The molecule has 0 fully saturated rings. The number of amides is 1. The smallest absolute Gasteiger partial charge is 0.234 e. The van der Waals surface area contributed by atoms with E-state index >= 15 is 0 Å². The Labute approximate surface area is 166 Å². The van der Waals surface area contributed by atoms with Crippen molar-refractivity contribution in [2.24, 2.45) is 0 Å². The first-order valence-corrected chi connectivity index (χ1v) is 9.70. The average Bonchev–Trinajstić information content (AvgIpc) is 3.05. The molecule has 1 amide bonds. The summed E-state index contributed by atoms with van der Waals surface area (Å²) in [6.45, 7) is 2.60. The molecule has 1 N–H and O–H groups in total. The number of rotatable bonds is 6. The summed E-state index contributed by atoms with van der Waals surface area (Å²) in [4.78, 5) is 16.5. The molecule has 0 radical (unpaired) electrons. The number of benzene rings is 2. The van der Waals surface area contributed by atoms with Gasteiger partial charge in [0.2, 0.25) is 5.91 Å². The lowest BCUT2D eigenvalue weighted by molar-refractivity contribution is -0.113. The average molecular weight is 406 g/mol. The van der Waals surface area contributed by atoms with E-state index < -0.39 is 0 Å². The number of hydrogen-bond acceptors (Lipinski definition) is 3. The topological polar surface area (TPSA) is 46.9 Å². The van der Waals surface area contributed by atoms with Gasteiger partial charge >= 0.3 is 0 Å². The number of aryl methyl sites for hydroxylation is 1. The zero-order chi connectivity index (χ0) is 18.5. The highest BCUT2D eigenvalue weighted by Gasteiger charge is 2.09. The molecule has 3 aromatic rings. The molecule has 4 nitrogen and oxygen atoms in total. The van der Waals surface area contributed by atoms with Crippen LogP contribution in [0.4, 0.5) is 5.69 Å². The lowest BCUT2D eigenvalue weighted by Gasteiger charge is -2.09. The van der Waals surface area contributed by atoms with Crippen LogP contribution in [0.5, 0.6) is 0 Å². The molecule has 3 rings (SSSR count). The number of halogens is 2. The maximum atomic E-state index is 12.2. The minimum absolute atomic E-state index is 0.101. The molecule has 0 bridgehead atoms. The fourth-order valence-corrected chi connectivity index (χ4v) is 3.41. The highest BCUT2D eigenvalue weighted by atomic mass is 35.5. The first kappa shape index (κ1) is 18.8. The lowest BCUT2D eigenvalue weighted by atomic mass is 10.2. The Bertz CT molecular complexity index is 909. The lowest BCUT2D eigenvalue weighted by Crippen LogP contribution is -2.14. The van der Waals surface area contributed by atoms with Gasteiger partial charge in [0, 0.05) is 34.7 Å². The molecule has 0 aliphatic rings. The van der Waals surface area contributed by atoms with Gasteiger partial charge < -0.3 is 9.88 Å². The van der Waals surface area contributed by atoms with Crippen molar-refractivity contribution in [3.05, 3.63) is 76.0 Å². The number of carbonyl (C=O) groups excluding carboxylic acids is 1. The maximum Gasteiger partial charge on any atom is 0.234 e. The van der Waals surface area contributed by atoms with Crippen molar-refractivity contribution in [1.82, 2.24) is 9.55 Å². The second-order valence-electron chi connectivity index (χ2n) is 5.76. The number of aromatic nitrogens is 2. The van der Waals surface area contributed by atoms with Crippen molar-refractivity contribution >= 4 is 46.6 Å². The Morgan fingerprint density at radius 1 is 1.19 bits per heavy atom. The van der Waals surface area contributed by atoms with Gasteiger partial charge in [0.15, 0.2) is 5.16 Å². The molecule has 0 saturated heterocycles. The summed E-state index contributed by atoms with van der Waals surface area (Å²) in [5, 5.41) is 4.98. The number of imidazole rings is 1. The van der Waals surface area contributed by atoms with Crippen LogP contribution in [0, 0.1) is 6.92 Å². The SMILES string of the molecule is Cc1ccc(NC(=O)CSc2nccn2Cc2ccc(Cl)cc2)cc1Cl. The summed E-state index contributed by atoms with van der Waals surface area (Å²) in [5.74, 6) is 0.166. The highest BCUT2D eigenvalue weighted by molar-refractivity contribution is 7.99. The summed E-state index contributed by atoms with van der Waals surface area (Å²) < 4.78 is 2.00. The number of hydrogen-bond donors (Lipinski definition) is 1. The highest BCUT2D eigenvalue weighted by Crippen LogP contribution is 2.21. The van der Waals surface area contributed by atoms with Crippen molar-refractivity contribution in [2.75, 3.05) is 11.1 Å². The number of nitrogens with zero attached hydrogens (tertiary/aromatic N) is 2. The Balaban J connectivity index is 1.58. The molecule has 134 valence electrons. The minimum Gasteiger partial charge on any atom is -0.325 e. The molecule has 26 heavy (non-hydrogen) atoms. The van der Waals surface area contributed by atoms with Gasteiger partial charge in [-0.05, 0) is 42.3 Å². The van der Waals surface area contributed by atoms with Crippen LogP contribution in [-0.4, -0.2) is 21.2 Å². The molecule has 2 aromatic carbocycles. The van der Waals surface area contributed by atoms with Crippen molar-refractivity contribution < 1.29 is 4.79 Å². The van der Waals surface area contributed by atoms with Gasteiger partial charge in [-0.15, -0.1) is 0 Å². The monoisotopic (exact) mass is 405 g/mol. The van der Waals surface area contributed by atoms with Gasteiger partial charge in [-0.25, -0.2) is 4.98 Å². The van der Waals surface area contributed by atoms with Crippen LogP contribution in [0.25, 0.3) is 0 Å². The Morgan fingerprint density at radius 2 is 1.96 bits per heavy atom. The predicted molar refractivity (Wildman–Crippen MR) is 108 cm³/mol. The molecule has 1 heterocycles.